The molecule has 2 unspecified atom stereocenters. The van der Waals surface area contributed by atoms with Crippen molar-refractivity contribution in [2.75, 3.05) is 0 Å². The van der Waals surface area contributed by atoms with Gasteiger partial charge in [0.2, 0.25) is 0 Å². The van der Waals surface area contributed by atoms with Gasteiger partial charge in [0.1, 0.15) is 6.04 Å². The van der Waals surface area contributed by atoms with Gasteiger partial charge in [-0.2, -0.15) is 5.10 Å². The van der Waals surface area contributed by atoms with Crippen LogP contribution in [0.15, 0.2) is 10.1 Å². The number of carbonyl (C=O) groups excluding carboxylic acids is 1. The van der Waals surface area contributed by atoms with Gasteiger partial charge in [-0.25, -0.2) is 4.99 Å². The highest BCUT2D eigenvalue weighted by Gasteiger charge is 2.34. The number of fused-ring (bicyclic) bond motifs is 1. The molecule has 0 aliphatic carbocycles. The number of hydrogen-bond acceptors (Lipinski definition) is 5. The van der Waals surface area contributed by atoms with E-state index in [1.54, 1.807) is 6.21 Å². The van der Waals surface area contributed by atoms with Crippen molar-refractivity contribution in [2.45, 2.75) is 12.1 Å². The fourth-order valence-corrected chi connectivity index (χ4v) is 1.08. The number of carbonyl (C=O) groups is 1. The summed E-state index contributed by atoms with van der Waals surface area (Å²) in [7, 11) is 0. The average Bonchev–Trinajstić information content (AvgIpc) is 2.34. The lowest BCUT2D eigenvalue weighted by atomic mass is 10.1. The summed E-state index contributed by atoms with van der Waals surface area (Å²) in [5, 5.41) is 6.11. The standard InChI is InChI=1S/C5H7N5O/c6-5-8-2-1-7-10-3(2)4(11)9-5/h1-3,10H,(H3,6,8,9,11). The molecule has 6 heteroatoms. The molecule has 0 aromatic heterocycles. The summed E-state index contributed by atoms with van der Waals surface area (Å²) in [6, 6.07) is -0.606. The largest absolute Gasteiger partial charge is 0.370 e. The number of nitrogens with one attached hydrogen (secondary N) is 2. The van der Waals surface area contributed by atoms with E-state index in [1.807, 2.05) is 0 Å². The SMILES string of the molecule is NC1=NC2C=NNC2C(=O)N1. The van der Waals surface area contributed by atoms with Crippen LogP contribution in [0.5, 0.6) is 0 Å². The van der Waals surface area contributed by atoms with Crippen molar-refractivity contribution in [1.82, 2.24) is 10.7 Å². The molecule has 0 radical (unpaired) electrons. The highest BCUT2D eigenvalue weighted by atomic mass is 16.2. The lowest BCUT2D eigenvalue weighted by Gasteiger charge is -2.19. The lowest BCUT2D eigenvalue weighted by molar-refractivity contribution is -0.121. The van der Waals surface area contributed by atoms with Crippen molar-refractivity contribution in [2.24, 2.45) is 15.8 Å². The van der Waals surface area contributed by atoms with Crippen LogP contribution in [0.25, 0.3) is 0 Å². The van der Waals surface area contributed by atoms with Crippen LogP contribution in [0, 0.1) is 0 Å². The first kappa shape index (κ1) is 6.14. The van der Waals surface area contributed by atoms with Crippen LogP contribution in [0.4, 0.5) is 0 Å². The molecule has 0 aromatic rings. The van der Waals surface area contributed by atoms with E-state index in [-0.39, 0.29) is 24.0 Å². The summed E-state index contributed by atoms with van der Waals surface area (Å²) in [5.74, 6) is -0.0219. The summed E-state index contributed by atoms with van der Waals surface area (Å²) in [6.45, 7) is 0. The van der Waals surface area contributed by atoms with E-state index in [9.17, 15) is 4.79 Å². The molecule has 2 heterocycles. The van der Waals surface area contributed by atoms with Crippen LogP contribution in [0.1, 0.15) is 0 Å². The van der Waals surface area contributed by atoms with Gasteiger partial charge in [0.25, 0.3) is 5.91 Å². The predicted molar refractivity (Wildman–Crippen MR) is 39.0 cm³/mol. The molecular weight excluding hydrogens is 146 g/mol. The molecular formula is C5H7N5O. The summed E-state index contributed by atoms with van der Waals surface area (Å²) < 4.78 is 0. The molecule has 0 saturated carbocycles. The molecule has 0 aromatic carbocycles. The van der Waals surface area contributed by atoms with Crippen LogP contribution in [0.3, 0.4) is 0 Å². The van der Waals surface area contributed by atoms with Crippen LogP contribution >= 0.6 is 0 Å². The third kappa shape index (κ3) is 0.830. The number of amides is 1. The minimum Gasteiger partial charge on any atom is -0.370 e. The highest BCUT2D eigenvalue weighted by Crippen LogP contribution is 2.06. The number of hydrogen-bond donors (Lipinski definition) is 3. The number of hydrazone groups is 1. The van der Waals surface area contributed by atoms with Gasteiger partial charge >= 0.3 is 0 Å². The minimum atomic E-state index is -0.373. The zero-order valence-corrected chi connectivity index (χ0v) is 5.61. The molecule has 0 saturated heterocycles. The third-order valence-electron chi connectivity index (χ3n) is 1.60. The van der Waals surface area contributed by atoms with Crippen molar-refractivity contribution in [3.8, 4) is 0 Å². The zero-order valence-electron chi connectivity index (χ0n) is 5.61. The second-order valence-electron chi connectivity index (χ2n) is 2.38. The third-order valence-corrected chi connectivity index (χ3v) is 1.60. The van der Waals surface area contributed by atoms with Crippen molar-refractivity contribution in [1.29, 1.82) is 0 Å². The lowest BCUT2D eigenvalue weighted by Crippen LogP contribution is -2.54. The molecule has 2 rings (SSSR count). The monoisotopic (exact) mass is 153 g/mol. The Morgan fingerprint density at radius 1 is 1.64 bits per heavy atom. The van der Waals surface area contributed by atoms with Crippen LogP contribution in [-0.4, -0.2) is 30.2 Å². The van der Waals surface area contributed by atoms with E-state index in [0.29, 0.717) is 0 Å². The van der Waals surface area contributed by atoms with E-state index < -0.39 is 0 Å². The summed E-state index contributed by atoms with van der Waals surface area (Å²) in [5.41, 5.74) is 7.93. The Morgan fingerprint density at radius 2 is 2.45 bits per heavy atom. The van der Waals surface area contributed by atoms with Crippen molar-refractivity contribution in [3.63, 3.8) is 0 Å². The van der Waals surface area contributed by atoms with Gasteiger partial charge < -0.3 is 5.73 Å². The van der Waals surface area contributed by atoms with Gasteiger partial charge in [0.05, 0.1) is 6.21 Å². The van der Waals surface area contributed by atoms with Crippen molar-refractivity contribution in [3.05, 3.63) is 0 Å². The van der Waals surface area contributed by atoms with Gasteiger partial charge in [-0.15, -0.1) is 0 Å². The van der Waals surface area contributed by atoms with Gasteiger partial charge in [-0.05, 0) is 0 Å². The Balaban J connectivity index is 2.30. The maximum atomic E-state index is 11.1. The number of nitrogens with two attached hydrogens (primary N) is 1. The summed E-state index contributed by atoms with van der Waals surface area (Å²) in [4.78, 5) is 15.0. The van der Waals surface area contributed by atoms with Crippen LogP contribution in [0.2, 0.25) is 0 Å². The highest BCUT2D eigenvalue weighted by molar-refractivity contribution is 6.04. The number of rotatable bonds is 0. The molecule has 2 atom stereocenters. The molecule has 0 fully saturated rings. The van der Waals surface area contributed by atoms with Gasteiger partial charge in [-0.3, -0.25) is 15.5 Å². The van der Waals surface area contributed by atoms with E-state index in [0.717, 1.165) is 0 Å². The van der Waals surface area contributed by atoms with Gasteiger partial charge in [0, 0.05) is 0 Å². The second kappa shape index (κ2) is 1.94. The molecule has 1 amide bonds. The van der Waals surface area contributed by atoms with Crippen molar-refractivity contribution >= 4 is 18.1 Å². The zero-order chi connectivity index (χ0) is 7.84. The minimum absolute atomic E-state index is 0.159. The average molecular weight is 153 g/mol. The van der Waals surface area contributed by atoms with Crippen LogP contribution in [-0.2, 0) is 4.79 Å². The van der Waals surface area contributed by atoms with Gasteiger partial charge in [0.15, 0.2) is 12.0 Å². The Morgan fingerprint density at radius 3 is 3.27 bits per heavy atom. The molecule has 0 spiro atoms. The topological polar surface area (TPSA) is 91.9 Å². The molecule has 58 valence electrons. The molecule has 11 heavy (non-hydrogen) atoms. The number of guanidine groups is 1. The summed E-state index contributed by atoms with van der Waals surface area (Å²) in [6.07, 6.45) is 1.57. The fourth-order valence-electron chi connectivity index (χ4n) is 1.08. The first-order chi connectivity index (χ1) is 5.27. The Labute approximate surface area is 62.5 Å². The van der Waals surface area contributed by atoms with Crippen LogP contribution < -0.4 is 16.5 Å². The molecule has 2 aliphatic heterocycles. The maximum absolute atomic E-state index is 11.1. The summed E-state index contributed by atoms with van der Waals surface area (Å²) >= 11 is 0. The number of aliphatic imine (C=N–C) groups is 1. The quantitative estimate of drug-likeness (QED) is 0.367. The smallest absolute Gasteiger partial charge is 0.253 e. The molecule has 6 nitrogen and oxygen atoms in total. The fraction of sp³-hybridized carbons (Fsp3) is 0.400. The van der Waals surface area contributed by atoms with Gasteiger partial charge in [-0.1, -0.05) is 0 Å². The Hall–Kier alpha value is -1.59. The first-order valence-corrected chi connectivity index (χ1v) is 3.20. The molecule has 4 N–H and O–H groups in total. The molecule has 0 bridgehead atoms. The normalized spacial score (nSPS) is 33.8. The van der Waals surface area contributed by atoms with E-state index in [1.165, 1.54) is 0 Å². The Bertz CT molecular complexity index is 258. The first-order valence-electron chi connectivity index (χ1n) is 3.20. The molecule has 2 aliphatic rings. The van der Waals surface area contributed by atoms with Crippen molar-refractivity contribution < 1.29 is 4.79 Å². The number of nitrogens with zero attached hydrogens (tertiary/aromatic N) is 2. The van der Waals surface area contributed by atoms with E-state index >= 15 is 0 Å². The van der Waals surface area contributed by atoms with E-state index in [2.05, 4.69) is 20.8 Å². The second-order valence-corrected chi connectivity index (χ2v) is 2.38. The van der Waals surface area contributed by atoms with E-state index in [4.69, 9.17) is 5.73 Å². The predicted octanol–water partition coefficient (Wildman–Crippen LogP) is -2.24. The Kier molecular flexibility index (Phi) is 1.09. The maximum Gasteiger partial charge on any atom is 0.253 e.